The van der Waals surface area contributed by atoms with E-state index in [-0.39, 0.29) is 10.6 Å². The molecule has 0 bridgehead atoms. The molecule has 0 saturated heterocycles. The van der Waals surface area contributed by atoms with Crippen LogP contribution in [0.3, 0.4) is 0 Å². The molecule has 0 aliphatic rings. The summed E-state index contributed by atoms with van der Waals surface area (Å²) in [4.78, 5) is 15.4. The van der Waals surface area contributed by atoms with E-state index in [1.807, 2.05) is 49.4 Å². The number of hydrogen-bond donors (Lipinski definition) is 2. The second-order valence-electron chi connectivity index (χ2n) is 7.26. The van der Waals surface area contributed by atoms with Gasteiger partial charge in [0.05, 0.1) is 0 Å². The standard InChI is InChI=1S/C24H20N2O4S2/c1-17-6-4-7-18(14-17)11-12-26(32(29,30)23-10-5-13-31-23)22(24(27)28)15-19-16-25-21-9-3-2-8-20(19)21/h2-10,13-14,16,22,25H,15H2,1H3,(H,27,28)/t22-/m1/s1. The van der Waals surface area contributed by atoms with Crippen molar-refractivity contribution in [1.82, 2.24) is 9.29 Å². The van der Waals surface area contributed by atoms with Gasteiger partial charge in [-0.1, -0.05) is 36.4 Å². The van der Waals surface area contributed by atoms with E-state index < -0.39 is 22.0 Å². The Hall–Kier alpha value is -3.54. The fraction of sp³-hybridized carbons (Fsp3) is 0.125. The maximum atomic E-state index is 13.4. The molecule has 0 radical (unpaired) electrons. The summed E-state index contributed by atoms with van der Waals surface area (Å²) < 4.78 is 27.6. The van der Waals surface area contributed by atoms with Crippen LogP contribution in [0, 0.1) is 18.9 Å². The van der Waals surface area contributed by atoms with Crippen molar-refractivity contribution in [1.29, 1.82) is 0 Å². The van der Waals surface area contributed by atoms with Gasteiger partial charge in [0.15, 0.2) is 6.04 Å². The number of rotatable bonds is 6. The summed E-state index contributed by atoms with van der Waals surface area (Å²) in [6, 6.07) is 19.1. The number of fused-ring (bicyclic) bond motifs is 1. The number of carbonyl (C=O) groups is 1. The van der Waals surface area contributed by atoms with Crippen molar-refractivity contribution in [2.45, 2.75) is 23.6 Å². The molecule has 2 aromatic heterocycles. The topological polar surface area (TPSA) is 90.5 Å². The van der Waals surface area contributed by atoms with Gasteiger partial charge in [0.2, 0.25) is 0 Å². The van der Waals surface area contributed by atoms with Crippen LogP contribution in [0.15, 0.2) is 76.4 Å². The van der Waals surface area contributed by atoms with Gasteiger partial charge in [-0.15, -0.1) is 11.3 Å². The zero-order valence-corrected chi connectivity index (χ0v) is 18.8. The van der Waals surface area contributed by atoms with E-state index in [9.17, 15) is 18.3 Å². The van der Waals surface area contributed by atoms with Crippen LogP contribution in [-0.2, 0) is 21.2 Å². The predicted octanol–water partition coefficient (Wildman–Crippen LogP) is 4.23. The molecule has 2 heterocycles. The molecule has 8 heteroatoms. The van der Waals surface area contributed by atoms with Crippen molar-refractivity contribution in [2.24, 2.45) is 0 Å². The van der Waals surface area contributed by atoms with Gasteiger partial charge < -0.3 is 10.1 Å². The second kappa shape index (κ2) is 8.91. The van der Waals surface area contributed by atoms with E-state index in [1.165, 1.54) is 6.07 Å². The zero-order chi connectivity index (χ0) is 22.7. The fourth-order valence-corrected chi connectivity index (χ4v) is 5.89. The normalized spacial score (nSPS) is 12.2. The second-order valence-corrected chi connectivity index (χ2v) is 10.2. The lowest BCUT2D eigenvalue weighted by atomic mass is 10.1. The van der Waals surface area contributed by atoms with Gasteiger partial charge in [-0.2, -0.15) is 8.42 Å². The first-order valence-electron chi connectivity index (χ1n) is 9.80. The number of nitrogens with one attached hydrogen (secondary N) is 1. The maximum Gasteiger partial charge on any atom is 0.328 e. The van der Waals surface area contributed by atoms with E-state index in [4.69, 9.17) is 0 Å². The van der Waals surface area contributed by atoms with E-state index in [1.54, 1.807) is 23.7 Å². The maximum absolute atomic E-state index is 13.4. The summed E-state index contributed by atoms with van der Waals surface area (Å²) in [5.41, 5.74) is 3.13. The Balaban J connectivity index is 1.80. The highest BCUT2D eigenvalue weighted by atomic mass is 32.2. The number of aromatic amines is 1. The third-order valence-corrected chi connectivity index (χ3v) is 8.08. The summed E-state index contributed by atoms with van der Waals surface area (Å²) in [7, 11) is -4.15. The van der Waals surface area contributed by atoms with Crippen LogP contribution in [0.2, 0.25) is 0 Å². The molecule has 0 aliphatic heterocycles. The Kier molecular flexibility index (Phi) is 6.04. The summed E-state index contributed by atoms with van der Waals surface area (Å²) >= 11 is 1.03. The first kappa shape index (κ1) is 21.7. The Bertz CT molecular complexity index is 1430. The average Bonchev–Trinajstić information content (AvgIpc) is 3.44. The molecule has 32 heavy (non-hydrogen) atoms. The lowest BCUT2D eigenvalue weighted by molar-refractivity contribution is -0.140. The SMILES string of the molecule is Cc1cccc(C#CN([C@H](Cc2c[nH]c3ccccc23)C(=O)O)S(=O)(=O)c2cccs2)c1. The van der Waals surface area contributed by atoms with Gasteiger partial charge in [-0.3, -0.25) is 0 Å². The van der Waals surface area contributed by atoms with Crippen molar-refractivity contribution >= 4 is 38.2 Å². The zero-order valence-electron chi connectivity index (χ0n) is 17.1. The number of sulfonamides is 1. The third kappa shape index (κ3) is 4.40. The van der Waals surface area contributed by atoms with Crippen molar-refractivity contribution in [3.63, 3.8) is 0 Å². The molecule has 162 valence electrons. The Morgan fingerprint density at radius 1 is 1.16 bits per heavy atom. The number of H-pyrrole nitrogens is 1. The minimum absolute atomic E-state index is 0.0353. The number of nitrogens with zero attached hydrogens (tertiary/aromatic N) is 1. The quantitative estimate of drug-likeness (QED) is 0.330. The lowest BCUT2D eigenvalue weighted by Gasteiger charge is -2.24. The van der Waals surface area contributed by atoms with Crippen molar-refractivity contribution in [3.8, 4) is 12.0 Å². The number of para-hydroxylation sites is 1. The highest BCUT2D eigenvalue weighted by molar-refractivity contribution is 7.91. The molecule has 0 fully saturated rings. The summed E-state index contributed by atoms with van der Waals surface area (Å²) in [6.45, 7) is 1.91. The van der Waals surface area contributed by atoms with Crippen molar-refractivity contribution in [2.75, 3.05) is 0 Å². The number of carboxylic acids is 1. The van der Waals surface area contributed by atoms with Gasteiger partial charge in [0.1, 0.15) is 4.21 Å². The number of hydrogen-bond acceptors (Lipinski definition) is 4. The van der Waals surface area contributed by atoms with Gasteiger partial charge in [-0.05, 0) is 53.6 Å². The molecule has 0 spiro atoms. The Labute approximate surface area is 190 Å². The summed E-state index contributed by atoms with van der Waals surface area (Å²) in [5.74, 6) is 1.57. The van der Waals surface area contributed by atoms with Crippen LogP contribution in [0.1, 0.15) is 16.7 Å². The largest absolute Gasteiger partial charge is 0.480 e. The van der Waals surface area contributed by atoms with Crippen LogP contribution in [0.25, 0.3) is 10.9 Å². The molecular weight excluding hydrogens is 444 g/mol. The lowest BCUT2D eigenvalue weighted by Crippen LogP contribution is -2.43. The highest BCUT2D eigenvalue weighted by Gasteiger charge is 2.35. The summed E-state index contributed by atoms with van der Waals surface area (Å²) in [5, 5.41) is 12.5. The van der Waals surface area contributed by atoms with E-state index in [0.29, 0.717) is 11.1 Å². The van der Waals surface area contributed by atoms with Crippen molar-refractivity contribution < 1.29 is 18.3 Å². The van der Waals surface area contributed by atoms with Crippen LogP contribution < -0.4 is 0 Å². The molecular formula is C24H20N2O4S2. The molecule has 0 unspecified atom stereocenters. The van der Waals surface area contributed by atoms with E-state index in [0.717, 1.165) is 32.1 Å². The highest BCUT2D eigenvalue weighted by Crippen LogP contribution is 2.26. The Morgan fingerprint density at radius 3 is 2.69 bits per heavy atom. The van der Waals surface area contributed by atoms with Crippen LogP contribution in [0.4, 0.5) is 0 Å². The van der Waals surface area contributed by atoms with Gasteiger partial charge in [0.25, 0.3) is 10.0 Å². The number of thiophene rings is 1. The van der Waals surface area contributed by atoms with Crippen LogP contribution >= 0.6 is 11.3 Å². The van der Waals surface area contributed by atoms with Gasteiger partial charge in [0, 0.05) is 35.1 Å². The smallest absolute Gasteiger partial charge is 0.328 e. The summed E-state index contributed by atoms with van der Waals surface area (Å²) in [6.07, 6.45) is 1.68. The monoisotopic (exact) mass is 464 g/mol. The number of carboxylic acid groups (broad SMARTS) is 1. The van der Waals surface area contributed by atoms with E-state index >= 15 is 0 Å². The molecule has 0 amide bonds. The number of aryl methyl sites for hydroxylation is 1. The number of aromatic nitrogens is 1. The fourth-order valence-electron chi connectivity index (χ4n) is 3.43. The molecule has 2 aromatic carbocycles. The van der Waals surface area contributed by atoms with Gasteiger partial charge >= 0.3 is 5.97 Å². The first-order chi connectivity index (χ1) is 15.4. The molecule has 6 nitrogen and oxygen atoms in total. The molecule has 0 aliphatic carbocycles. The predicted molar refractivity (Wildman–Crippen MR) is 125 cm³/mol. The molecule has 4 aromatic rings. The molecule has 1 atom stereocenters. The van der Waals surface area contributed by atoms with Gasteiger partial charge in [-0.25, -0.2) is 9.10 Å². The Morgan fingerprint density at radius 2 is 1.97 bits per heavy atom. The van der Waals surface area contributed by atoms with Crippen LogP contribution in [-0.4, -0.2) is 34.8 Å². The minimum atomic E-state index is -4.15. The molecule has 0 saturated carbocycles. The first-order valence-corrected chi connectivity index (χ1v) is 12.1. The van der Waals surface area contributed by atoms with Crippen molar-refractivity contribution in [3.05, 3.63) is 88.9 Å². The minimum Gasteiger partial charge on any atom is -0.480 e. The average molecular weight is 465 g/mol. The molecule has 4 rings (SSSR count). The number of aliphatic carboxylic acids is 1. The number of benzene rings is 2. The van der Waals surface area contributed by atoms with E-state index in [2.05, 4.69) is 16.9 Å². The molecule has 2 N–H and O–H groups in total. The van der Waals surface area contributed by atoms with Crippen LogP contribution in [0.5, 0.6) is 0 Å². The third-order valence-electron chi connectivity index (χ3n) is 4.99.